The molecule has 0 bridgehead atoms. The molecule has 1 atom stereocenters. The van der Waals surface area contributed by atoms with Crippen LogP contribution in [0.3, 0.4) is 0 Å². The molecule has 156 valence electrons. The van der Waals surface area contributed by atoms with Crippen LogP contribution in [0.2, 0.25) is 0 Å². The predicted octanol–water partition coefficient (Wildman–Crippen LogP) is 1.68. The molecule has 1 fully saturated rings. The lowest BCUT2D eigenvalue weighted by Gasteiger charge is -2.17. The van der Waals surface area contributed by atoms with Gasteiger partial charge in [-0.2, -0.15) is 5.10 Å². The summed E-state index contributed by atoms with van der Waals surface area (Å²) in [5.41, 5.74) is 5.65. The first-order valence-corrected chi connectivity index (χ1v) is 9.32. The number of primary amides is 1. The average molecular weight is 413 g/mol. The van der Waals surface area contributed by atoms with Crippen molar-refractivity contribution in [3.05, 3.63) is 42.2 Å². The molecular weight excluding hydrogens is 393 g/mol. The van der Waals surface area contributed by atoms with Gasteiger partial charge in [-0.1, -0.05) is 0 Å². The first-order valence-electron chi connectivity index (χ1n) is 9.32. The number of carbonyl (C=O) groups excluding carboxylic acids is 2. The van der Waals surface area contributed by atoms with E-state index in [1.54, 1.807) is 19.3 Å². The zero-order chi connectivity index (χ0) is 21.3. The summed E-state index contributed by atoms with van der Waals surface area (Å²) in [6.07, 6.45) is 4.60. The number of nitrogens with two attached hydrogens (primary N) is 1. The smallest absolute Gasteiger partial charge is 0.404 e. The maximum Gasteiger partial charge on any atom is 0.404 e. The Balaban J connectivity index is 1.40. The fourth-order valence-corrected chi connectivity index (χ4v) is 3.46. The lowest BCUT2D eigenvalue weighted by molar-refractivity contribution is 0.102. The molecule has 0 spiro atoms. The van der Waals surface area contributed by atoms with Crippen molar-refractivity contribution in [1.82, 2.24) is 19.7 Å². The number of hydrogen-bond acceptors (Lipinski definition) is 7. The van der Waals surface area contributed by atoms with Gasteiger partial charge in [0.25, 0.3) is 5.91 Å². The maximum absolute atomic E-state index is 14.2. The van der Waals surface area contributed by atoms with Crippen LogP contribution in [0.25, 0.3) is 10.9 Å². The fraction of sp³-hybridized carbons (Fsp3) is 0.316. The number of aryl methyl sites for hydroxylation is 1. The van der Waals surface area contributed by atoms with Crippen LogP contribution in [0.4, 0.5) is 20.7 Å². The van der Waals surface area contributed by atoms with Crippen molar-refractivity contribution in [3.8, 4) is 0 Å². The topological polar surface area (TPSA) is 128 Å². The Bertz CT molecular complexity index is 1100. The molecule has 0 aliphatic carbocycles. The molecule has 4 rings (SSSR count). The lowest BCUT2D eigenvalue weighted by Crippen LogP contribution is -2.24. The largest absolute Gasteiger partial charge is 0.449 e. The summed E-state index contributed by atoms with van der Waals surface area (Å²) in [4.78, 5) is 33.7. The summed E-state index contributed by atoms with van der Waals surface area (Å²) in [5.74, 6) is -0.227. The summed E-state index contributed by atoms with van der Waals surface area (Å²) < 4.78 is 20.5. The van der Waals surface area contributed by atoms with Gasteiger partial charge in [-0.05, 0) is 18.6 Å². The van der Waals surface area contributed by atoms with Crippen LogP contribution in [-0.4, -0.2) is 51.4 Å². The van der Waals surface area contributed by atoms with Crippen molar-refractivity contribution in [2.45, 2.75) is 6.42 Å². The van der Waals surface area contributed by atoms with Crippen molar-refractivity contribution >= 4 is 34.4 Å². The van der Waals surface area contributed by atoms with Crippen molar-refractivity contribution in [3.63, 3.8) is 0 Å². The van der Waals surface area contributed by atoms with Crippen molar-refractivity contribution in [2.75, 3.05) is 29.9 Å². The van der Waals surface area contributed by atoms with Crippen molar-refractivity contribution < 1.29 is 18.7 Å². The zero-order valence-corrected chi connectivity index (χ0v) is 16.2. The highest BCUT2D eigenvalue weighted by Gasteiger charge is 2.25. The highest BCUT2D eigenvalue weighted by Crippen LogP contribution is 2.23. The Morgan fingerprint density at radius 1 is 1.33 bits per heavy atom. The van der Waals surface area contributed by atoms with Crippen LogP contribution in [0, 0.1) is 11.7 Å². The monoisotopic (exact) mass is 413 g/mol. The van der Waals surface area contributed by atoms with Gasteiger partial charge in [0.15, 0.2) is 5.82 Å². The van der Waals surface area contributed by atoms with Crippen LogP contribution in [0.1, 0.15) is 16.9 Å². The maximum atomic E-state index is 14.2. The SMILES string of the molecule is Cn1cc2cc(NC(=O)c3cnc(N4CCC(COC(N)=O)C4)cn3)cc(F)c2n1. The number of halogens is 1. The minimum Gasteiger partial charge on any atom is -0.449 e. The standard InChI is InChI=1S/C19H20FN7O3/c1-26-9-12-4-13(5-14(20)17(12)25-26)24-18(28)15-6-23-16(7-22-15)27-3-2-11(8-27)10-30-19(21)29/h4-7,9,11H,2-3,8,10H2,1H3,(H2,21,29)(H,24,28). The van der Waals surface area contributed by atoms with E-state index in [0.29, 0.717) is 23.4 Å². The molecule has 3 aromatic rings. The van der Waals surface area contributed by atoms with Gasteiger partial charge in [0, 0.05) is 43.3 Å². The normalized spacial score (nSPS) is 16.1. The molecule has 1 saturated heterocycles. The first-order chi connectivity index (χ1) is 14.4. The Morgan fingerprint density at radius 2 is 2.17 bits per heavy atom. The van der Waals surface area contributed by atoms with Gasteiger partial charge in [-0.25, -0.2) is 19.2 Å². The van der Waals surface area contributed by atoms with Gasteiger partial charge >= 0.3 is 6.09 Å². The Hall–Kier alpha value is -3.76. The van der Waals surface area contributed by atoms with Crippen LogP contribution < -0.4 is 16.0 Å². The molecule has 30 heavy (non-hydrogen) atoms. The second-order valence-electron chi connectivity index (χ2n) is 7.14. The average Bonchev–Trinajstić information content (AvgIpc) is 3.33. The molecule has 3 heterocycles. The van der Waals surface area contributed by atoms with Gasteiger partial charge in [0.1, 0.15) is 17.0 Å². The van der Waals surface area contributed by atoms with Crippen molar-refractivity contribution in [1.29, 1.82) is 0 Å². The van der Waals surface area contributed by atoms with E-state index < -0.39 is 17.8 Å². The highest BCUT2D eigenvalue weighted by atomic mass is 19.1. The number of carbonyl (C=O) groups is 2. The van der Waals surface area contributed by atoms with Gasteiger partial charge in [-0.3, -0.25) is 9.48 Å². The summed E-state index contributed by atoms with van der Waals surface area (Å²) in [5, 5.41) is 7.25. The Morgan fingerprint density at radius 3 is 2.90 bits per heavy atom. The molecule has 1 unspecified atom stereocenters. The molecule has 10 nitrogen and oxygen atoms in total. The molecule has 3 N–H and O–H groups in total. The van der Waals surface area contributed by atoms with E-state index in [2.05, 4.69) is 20.4 Å². The number of fused-ring (bicyclic) bond motifs is 1. The first kappa shape index (κ1) is 19.6. The third kappa shape index (κ3) is 4.14. The molecule has 11 heteroatoms. The second kappa shape index (κ2) is 7.93. The number of nitrogens with zero attached hydrogens (tertiary/aromatic N) is 5. The minimum absolute atomic E-state index is 0.109. The summed E-state index contributed by atoms with van der Waals surface area (Å²) in [6.45, 7) is 1.65. The molecule has 2 amide bonds. The molecule has 0 radical (unpaired) electrons. The number of anilines is 2. The quantitative estimate of drug-likeness (QED) is 0.651. The van der Waals surface area contributed by atoms with Crippen LogP contribution in [-0.2, 0) is 11.8 Å². The number of aromatic nitrogens is 4. The zero-order valence-electron chi connectivity index (χ0n) is 16.2. The van der Waals surface area contributed by atoms with Gasteiger partial charge in [0.05, 0.1) is 19.0 Å². The van der Waals surface area contributed by atoms with Crippen LogP contribution in [0.5, 0.6) is 0 Å². The van der Waals surface area contributed by atoms with E-state index in [1.165, 1.54) is 23.1 Å². The third-order valence-electron chi connectivity index (χ3n) is 4.88. The molecular formula is C19H20FN7O3. The van der Waals surface area contributed by atoms with Crippen molar-refractivity contribution in [2.24, 2.45) is 18.7 Å². The Kier molecular flexibility index (Phi) is 5.17. The van der Waals surface area contributed by atoms with Gasteiger partial charge in [0.2, 0.25) is 0 Å². The number of benzene rings is 1. The summed E-state index contributed by atoms with van der Waals surface area (Å²) in [7, 11) is 1.70. The second-order valence-corrected chi connectivity index (χ2v) is 7.14. The predicted molar refractivity (Wildman–Crippen MR) is 107 cm³/mol. The summed E-state index contributed by atoms with van der Waals surface area (Å²) >= 11 is 0. The van der Waals surface area contributed by atoms with E-state index in [9.17, 15) is 14.0 Å². The summed E-state index contributed by atoms with van der Waals surface area (Å²) in [6, 6.07) is 2.86. The molecule has 0 saturated carbocycles. The van der Waals surface area contributed by atoms with E-state index in [0.717, 1.165) is 13.0 Å². The number of nitrogens with one attached hydrogen (secondary N) is 1. The molecule has 1 aliphatic rings. The van der Waals surface area contributed by atoms with E-state index in [1.807, 2.05) is 4.90 Å². The lowest BCUT2D eigenvalue weighted by atomic mass is 10.1. The molecule has 1 aliphatic heterocycles. The van der Waals surface area contributed by atoms with Gasteiger partial charge in [-0.15, -0.1) is 0 Å². The molecule has 1 aromatic carbocycles. The number of amides is 2. The highest BCUT2D eigenvalue weighted by molar-refractivity contribution is 6.03. The Labute approximate surface area is 170 Å². The third-order valence-corrected chi connectivity index (χ3v) is 4.88. The minimum atomic E-state index is -0.786. The van der Waals surface area contributed by atoms with E-state index in [-0.39, 0.29) is 23.7 Å². The van der Waals surface area contributed by atoms with Crippen LogP contribution >= 0.6 is 0 Å². The number of rotatable bonds is 5. The number of ether oxygens (including phenoxy) is 1. The number of hydrogen-bond donors (Lipinski definition) is 2. The van der Waals surface area contributed by atoms with Gasteiger partial charge < -0.3 is 20.7 Å². The fourth-order valence-electron chi connectivity index (χ4n) is 3.46. The van der Waals surface area contributed by atoms with Crippen LogP contribution in [0.15, 0.2) is 30.7 Å². The van der Waals surface area contributed by atoms with E-state index in [4.69, 9.17) is 10.5 Å². The molecule has 2 aromatic heterocycles. The van der Waals surface area contributed by atoms with E-state index >= 15 is 0 Å².